The molecule has 0 bridgehead atoms. The van der Waals surface area contributed by atoms with Gasteiger partial charge in [-0.15, -0.1) is 0 Å². The molecule has 1 aromatic rings. The third kappa shape index (κ3) is 4.35. The van der Waals surface area contributed by atoms with Gasteiger partial charge in [-0.3, -0.25) is 4.79 Å². The average Bonchev–Trinajstić information content (AvgIpc) is 2.90. The maximum absolute atomic E-state index is 12.2. The highest BCUT2D eigenvalue weighted by atomic mass is 35.5. The fraction of sp³-hybridized carbons (Fsp3) is 0.500. The molecular formula is C14H18Cl2N2O3S. The van der Waals surface area contributed by atoms with Gasteiger partial charge in [-0.2, -0.15) is 4.31 Å². The van der Waals surface area contributed by atoms with Gasteiger partial charge < -0.3 is 5.32 Å². The number of hydrogen-bond donors (Lipinski definition) is 1. The zero-order chi connectivity index (χ0) is 16.3. The third-order valence-electron chi connectivity index (χ3n) is 3.64. The maximum atomic E-state index is 12.2. The summed E-state index contributed by atoms with van der Waals surface area (Å²) in [6, 6.07) is 4.61. The molecule has 1 aliphatic rings. The lowest BCUT2D eigenvalue weighted by atomic mass is 10.1. The molecule has 22 heavy (non-hydrogen) atoms. The zero-order valence-electron chi connectivity index (χ0n) is 12.2. The molecule has 0 radical (unpaired) electrons. The van der Waals surface area contributed by atoms with E-state index in [0.717, 1.165) is 11.8 Å². The zero-order valence-corrected chi connectivity index (χ0v) is 14.5. The second-order valence-electron chi connectivity index (χ2n) is 5.31. The van der Waals surface area contributed by atoms with Gasteiger partial charge in [0.05, 0.1) is 6.26 Å². The molecule has 2 rings (SSSR count). The quantitative estimate of drug-likeness (QED) is 0.869. The van der Waals surface area contributed by atoms with Crippen molar-refractivity contribution in [2.45, 2.75) is 25.3 Å². The standard InChI is InChI=1S/C14H18Cl2N2O3S/c1-22(20,21)18-8-2-3-13(18)14(19)17-7-6-10-4-5-11(15)9-12(10)16/h4-5,9,13H,2-3,6-8H2,1H3,(H,17,19)/t13-/m1/s1. The number of carbonyl (C=O) groups is 1. The number of nitrogens with zero attached hydrogens (tertiary/aromatic N) is 1. The first kappa shape index (κ1) is 17.5. The SMILES string of the molecule is CS(=O)(=O)N1CCC[C@@H]1C(=O)NCCc1ccc(Cl)cc1Cl. The topological polar surface area (TPSA) is 66.5 Å². The molecule has 1 aromatic carbocycles. The van der Waals surface area contributed by atoms with E-state index in [-0.39, 0.29) is 5.91 Å². The fourth-order valence-corrected chi connectivity index (χ4v) is 4.19. The van der Waals surface area contributed by atoms with Crippen molar-refractivity contribution in [1.82, 2.24) is 9.62 Å². The molecule has 0 saturated carbocycles. The van der Waals surface area contributed by atoms with Gasteiger partial charge in [0.15, 0.2) is 0 Å². The number of rotatable bonds is 5. The highest BCUT2D eigenvalue weighted by Gasteiger charge is 2.36. The van der Waals surface area contributed by atoms with Crippen LogP contribution < -0.4 is 5.32 Å². The number of carbonyl (C=O) groups excluding carboxylic acids is 1. The molecule has 5 nitrogen and oxygen atoms in total. The van der Waals surface area contributed by atoms with Crippen LogP contribution in [0.1, 0.15) is 18.4 Å². The Balaban J connectivity index is 1.90. The van der Waals surface area contributed by atoms with Gasteiger partial charge in [-0.05, 0) is 37.0 Å². The van der Waals surface area contributed by atoms with Crippen molar-refractivity contribution in [2.24, 2.45) is 0 Å². The predicted octanol–water partition coefficient (Wildman–Crippen LogP) is 2.08. The summed E-state index contributed by atoms with van der Waals surface area (Å²) in [6.45, 7) is 0.800. The summed E-state index contributed by atoms with van der Waals surface area (Å²) in [5.41, 5.74) is 0.887. The minimum atomic E-state index is -3.35. The first-order valence-electron chi connectivity index (χ1n) is 6.97. The van der Waals surface area contributed by atoms with E-state index in [1.807, 2.05) is 6.07 Å². The van der Waals surface area contributed by atoms with E-state index in [9.17, 15) is 13.2 Å². The van der Waals surface area contributed by atoms with E-state index in [2.05, 4.69) is 5.32 Å². The van der Waals surface area contributed by atoms with E-state index in [1.165, 1.54) is 4.31 Å². The van der Waals surface area contributed by atoms with Gasteiger partial charge in [0.2, 0.25) is 15.9 Å². The molecule has 1 amide bonds. The van der Waals surface area contributed by atoms with Crippen molar-refractivity contribution in [3.05, 3.63) is 33.8 Å². The van der Waals surface area contributed by atoms with Crippen molar-refractivity contribution < 1.29 is 13.2 Å². The van der Waals surface area contributed by atoms with E-state index < -0.39 is 16.1 Å². The van der Waals surface area contributed by atoms with Crippen LogP contribution in [0.5, 0.6) is 0 Å². The molecule has 0 spiro atoms. The number of nitrogens with one attached hydrogen (secondary N) is 1. The van der Waals surface area contributed by atoms with E-state index >= 15 is 0 Å². The molecule has 0 aliphatic carbocycles. The second kappa shape index (κ2) is 7.17. The summed E-state index contributed by atoms with van der Waals surface area (Å²) in [6.07, 6.45) is 2.95. The molecule has 122 valence electrons. The lowest BCUT2D eigenvalue weighted by Gasteiger charge is -2.21. The van der Waals surface area contributed by atoms with Crippen LogP contribution >= 0.6 is 23.2 Å². The largest absolute Gasteiger partial charge is 0.354 e. The van der Waals surface area contributed by atoms with Crippen molar-refractivity contribution >= 4 is 39.1 Å². The Morgan fingerprint density at radius 1 is 1.41 bits per heavy atom. The monoisotopic (exact) mass is 364 g/mol. The second-order valence-corrected chi connectivity index (χ2v) is 8.09. The highest BCUT2D eigenvalue weighted by Crippen LogP contribution is 2.22. The summed E-state index contributed by atoms with van der Waals surface area (Å²) in [7, 11) is -3.35. The van der Waals surface area contributed by atoms with Gasteiger partial charge >= 0.3 is 0 Å². The smallest absolute Gasteiger partial charge is 0.238 e. The van der Waals surface area contributed by atoms with Gasteiger partial charge in [0.1, 0.15) is 6.04 Å². The Hall–Kier alpha value is -0.820. The van der Waals surface area contributed by atoms with Crippen LogP contribution in [0, 0.1) is 0 Å². The predicted molar refractivity (Wildman–Crippen MR) is 87.7 cm³/mol. The third-order valence-corrected chi connectivity index (χ3v) is 5.52. The Morgan fingerprint density at radius 2 is 2.14 bits per heavy atom. The molecular weight excluding hydrogens is 347 g/mol. The van der Waals surface area contributed by atoms with Crippen molar-refractivity contribution in [1.29, 1.82) is 0 Å². The molecule has 1 fully saturated rings. The lowest BCUT2D eigenvalue weighted by molar-refractivity contribution is -0.124. The minimum Gasteiger partial charge on any atom is -0.354 e. The molecule has 1 aliphatic heterocycles. The van der Waals surface area contributed by atoms with Gasteiger partial charge in [-0.25, -0.2) is 8.42 Å². The normalized spacial score (nSPS) is 19.3. The van der Waals surface area contributed by atoms with Gasteiger partial charge in [0, 0.05) is 23.1 Å². The van der Waals surface area contributed by atoms with Crippen molar-refractivity contribution in [3.8, 4) is 0 Å². The van der Waals surface area contributed by atoms with Crippen LogP contribution in [0.4, 0.5) is 0 Å². The summed E-state index contributed by atoms with van der Waals surface area (Å²) in [5, 5.41) is 3.90. The summed E-state index contributed by atoms with van der Waals surface area (Å²) >= 11 is 11.9. The van der Waals surface area contributed by atoms with E-state index in [4.69, 9.17) is 23.2 Å². The Kier molecular flexibility index (Phi) is 5.71. The average molecular weight is 365 g/mol. The molecule has 8 heteroatoms. The van der Waals surface area contributed by atoms with Crippen LogP contribution in [0.2, 0.25) is 10.0 Å². The van der Waals surface area contributed by atoms with Crippen LogP contribution in [-0.4, -0.2) is 44.0 Å². The maximum Gasteiger partial charge on any atom is 0.238 e. The number of halogens is 2. The number of amides is 1. The van der Waals surface area contributed by atoms with E-state index in [0.29, 0.717) is 42.4 Å². The Labute approximate surface area is 140 Å². The van der Waals surface area contributed by atoms with Crippen LogP contribution in [0.25, 0.3) is 0 Å². The summed E-state index contributed by atoms with van der Waals surface area (Å²) < 4.78 is 24.5. The van der Waals surface area contributed by atoms with Crippen molar-refractivity contribution in [3.63, 3.8) is 0 Å². The van der Waals surface area contributed by atoms with Crippen LogP contribution in [0.3, 0.4) is 0 Å². The highest BCUT2D eigenvalue weighted by molar-refractivity contribution is 7.88. The fourth-order valence-electron chi connectivity index (χ4n) is 2.56. The Bertz CT molecular complexity index is 664. The number of sulfonamides is 1. The van der Waals surface area contributed by atoms with Gasteiger partial charge in [-0.1, -0.05) is 29.3 Å². The van der Waals surface area contributed by atoms with Crippen molar-refractivity contribution in [2.75, 3.05) is 19.3 Å². The number of benzene rings is 1. The van der Waals surface area contributed by atoms with Gasteiger partial charge in [0.25, 0.3) is 0 Å². The molecule has 1 N–H and O–H groups in total. The van der Waals surface area contributed by atoms with Crippen LogP contribution in [0.15, 0.2) is 18.2 Å². The first-order chi connectivity index (χ1) is 10.3. The molecule has 1 atom stereocenters. The molecule has 0 aromatic heterocycles. The summed E-state index contributed by atoms with van der Waals surface area (Å²) in [5.74, 6) is -0.256. The lowest BCUT2D eigenvalue weighted by Crippen LogP contribution is -2.45. The number of hydrogen-bond acceptors (Lipinski definition) is 3. The Morgan fingerprint density at radius 3 is 2.77 bits per heavy atom. The summed E-state index contributed by atoms with van der Waals surface area (Å²) in [4.78, 5) is 12.2. The van der Waals surface area contributed by atoms with E-state index in [1.54, 1.807) is 12.1 Å². The first-order valence-corrected chi connectivity index (χ1v) is 9.58. The molecule has 1 saturated heterocycles. The molecule has 0 unspecified atom stereocenters. The minimum absolute atomic E-state index is 0.256. The van der Waals surface area contributed by atoms with Crippen LogP contribution in [-0.2, 0) is 21.2 Å². The molecule has 1 heterocycles.